The maximum absolute atomic E-state index is 13.8. The number of benzene rings is 2. The van der Waals surface area contributed by atoms with Crippen molar-refractivity contribution >= 4 is 17.3 Å². The number of rotatable bonds is 8. The van der Waals surface area contributed by atoms with Crippen molar-refractivity contribution in [3.05, 3.63) is 51.6 Å². The zero-order valence-electron chi connectivity index (χ0n) is 24.2. The fourth-order valence-corrected chi connectivity index (χ4v) is 6.64. The fourth-order valence-electron chi connectivity index (χ4n) is 6.64. The zero-order valence-corrected chi connectivity index (χ0v) is 24.2. The molecule has 8 atom stereocenters. The molecule has 0 spiro atoms. The average molecular weight is 632 g/mol. The highest BCUT2D eigenvalue weighted by Gasteiger charge is 2.53. The maximum atomic E-state index is 13.8. The number of ketones is 3. The lowest BCUT2D eigenvalue weighted by molar-refractivity contribution is -0.289. The van der Waals surface area contributed by atoms with Crippen LogP contribution in [0, 0.1) is 0 Å². The third kappa shape index (κ3) is 4.91. The van der Waals surface area contributed by atoms with E-state index in [-0.39, 0.29) is 41.0 Å². The number of fused-ring (bicyclic) bond motifs is 3. The van der Waals surface area contributed by atoms with Gasteiger partial charge in [-0.15, -0.1) is 0 Å². The molecule has 2 heterocycles. The smallest absolute Gasteiger partial charge is 0.202 e. The van der Waals surface area contributed by atoms with Crippen LogP contribution < -0.4 is 4.74 Å². The molecular formula is C30H33NO14. The lowest BCUT2D eigenvalue weighted by atomic mass is 9.72. The van der Waals surface area contributed by atoms with E-state index in [1.54, 1.807) is 0 Å². The molecule has 15 heteroatoms. The first-order chi connectivity index (χ1) is 21.4. The first-order valence-electron chi connectivity index (χ1n) is 14.3. The van der Waals surface area contributed by atoms with Gasteiger partial charge in [-0.1, -0.05) is 12.1 Å². The molecule has 6 rings (SSSR count). The number of phenols is 2. The number of aliphatic hydroxyl groups is 4. The average Bonchev–Trinajstić information content (AvgIpc) is 3.82. The Morgan fingerprint density at radius 1 is 1.09 bits per heavy atom. The number of nitrogens with zero attached hydrogens (tertiary/aromatic N) is 1. The molecule has 0 aromatic heterocycles. The lowest BCUT2D eigenvalue weighted by Crippen LogP contribution is -2.56. The van der Waals surface area contributed by atoms with Crippen molar-refractivity contribution in [1.29, 1.82) is 0 Å². The second-order valence-electron chi connectivity index (χ2n) is 11.7. The molecule has 0 radical (unpaired) electrons. The first kappa shape index (κ1) is 31.5. The molecule has 15 nitrogen and oxygen atoms in total. The molecule has 0 amide bonds. The summed E-state index contributed by atoms with van der Waals surface area (Å²) in [5.41, 5.74) is -4.02. The van der Waals surface area contributed by atoms with Gasteiger partial charge < -0.3 is 54.8 Å². The van der Waals surface area contributed by atoms with Crippen LogP contribution in [0.3, 0.4) is 0 Å². The van der Waals surface area contributed by atoms with E-state index in [2.05, 4.69) is 0 Å². The minimum Gasteiger partial charge on any atom is -0.507 e. The number of carbonyl (C=O) groups is 3. The zero-order chi connectivity index (χ0) is 32.5. The summed E-state index contributed by atoms with van der Waals surface area (Å²) in [6.07, 6.45) is -7.82. The Labute approximate surface area is 255 Å². The summed E-state index contributed by atoms with van der Waals surface area (Å²) in [4.78, 5) is 40.2. The molecule has 2 aromatic carbocycles. The van der Waals surface area contributed by atoms with Crippen molar-refractivity contribution in [2.45, 2.75) is 74.8 Å². The van der Waals surface area contributed by atoms with Crippen LogP contribution in [0.15, 0.2) is 18.2 Å². The number of ether oxygens (including phenoxy) is 4. The Bertz CT molecular complexity index is 1580. The van der Waals surface area contributed by atoms with Crippen molar-refractivity contribution < 1.29 is 69.2 Å². The van der Waals surface area contributed by atoms with E-state index in [9.17, 15) is 50.2 Å². The predicted octanol–water partition coefficient (Wildman–Crippen LogP) is -0.549. The lowest BCUT2D eigenvalue weighted by Gasteiger charge is -2.43. The SMILES string of the molecule is COc1cccc2c1C(=O)c1c(O)c3c(c(O)c1C2=O)C[C@@](O)(C(=O)CO)C[C@@H]3OC1CC(N(O)C2OC2CO)C(O)C(C)O1. The van der Waals surface area contributed by atoms with Crippen molar-refractivity contribution in [2.75, 3.05) is 20.3 Å². The van der Waals surface area contributed by atoms with E-state index >= 15 is 0 Å². The molecule has 2 aromatic rings. The number of Topliss-reactive ketones (excluding diaryl/α,β-unsaturated/α-hetero) is 1. The fraction of sp³-hybridized carbons (Fsp3) is 0.500. The van der Waals surface area contributed by atoms with Gasteiger partial charge >= 0.3 is 0 Å². The summed E-state index contributed by atoms with van der Waals surface area (Å²) in [6, 6.07) is 3.28. The maximum Gasteiger partial charge on any atom is 0.202 e. The molecule has 2 fully saturated rings. The quantitative estimate of drug-likeness (QED) is 0.0938. The highest BCUT2D eigenvalue weighted by molar-refractivity contribution is 6.31. The summed E-state index contributed by atoms with van der Waals surface area (Å²) < 4.78 is 22.5. The van der Waals surface area contributed by atoms with E-state index in [4.69, 9.17) is 18.9 Å². The summed E-state index contributed by atoms with van der Waals surface area (Å²) >= 11 is 0. The number of aromatic hydroxyl groups is 2. The number of hydrogen-bond donors (Lipinski definition) is 7. The number of aliphatic hydroxyl groups excluding tert-OH is 3. The van der Waals surface area contributed by atoms with Crippen LogP contribution in [-0.4, -0.2) is 121 Å². The van der Waals surface area contributed by atoms with E-state index in [0.29, 0.717) is 0 Å². The van der Waals surface area contributed by atoms with Crippen LogP contribution in [0.2, 0.25) is 0 Å². The molecule has 242 valence electrons. The van der Waals surface area contributed by atoms with Crippen LogP contribution in [0.25, 0.3) is 0 Å². The van der Waals surface area contributed by atoms with E-state index in [0.717, 1.165) is 5.06 Å². The summed E-state index contributed by atoms with van der Waals surface area (Å²) in [6.45, 7) is 0.0734. The van der Waals surface area contributed by atoms with Crippen molar-refractivity contribution in [1.82, 2.24) is 5.06 Å². The molecule has 45 heavy (non-hydrogen) atoms. The van der Waals surface area contributed by atoms with E-state index < -0.39 is 108 Å². The summed E-state index contributed by atoms with van der Waals surface area (Å²) in [5.74, 6) is -4.06. The number of methoxy groups -OCH3 is 1. The van der Waals surface area contributed by atoms with Gasteiger partial charge in [-0.3, -0.25) is 14.4 Å². The minimum absolute atomic E-state index is 0.0645. The molecule has 6 unspecified atom stereocenters. The standard InChI is InChI=1S/C30H33NO14/c1-11-24(35)14(31(41)29-17(9-32)45-29)6-19(43-11)44-16-8-30(40,18(34)10-33)7-13-21(16)28(39)23-22(26(13)37)25(36)12-4-3-5-15(42-2)20(12)27(23)38/h3-5,11,14,16-17,19,24,29,32-33,35,37,39-41H,6-10H2,1-2H3/t11?,14?,16-,17?,19?,24?,29?,30-/m0/s1. The Morgan fingerprint density at radius 3 is 2.44 bits per heavy atom. The van der Waals surface area contributed by atoms with Gasteiger partial charge in [-0.25, -0.2) is 0 Å². The van der Waals surface area contributed by atoms with Crippen LogP contribution in [0.4, 0.5) is 0 Å². The number of hydroxylamine groups is 2. The molecule has 0 bridgehead atoms. The molecule has 4 aliphatic rings. The number of phenolic OH excluding ortho intramolecular Hbond substituents is 2. The van der Waals surface area contributed by atoms with E-state index in [1.807, 2.05) is 0 Å². The van der Waals surface area contributed by atoms with Crippen LogP contribution in [0.1, 0.15) is 68.8 Å². The van der Waals surface area contributed by atoms with E-state index in [1.165, 1.54) is 32.2 Å². The third-order valence-electron chi connectivity index (χ3n) is 9.07. The van der Waals surface area contributed by atoms with Crippen molar-refractivity contribution in [3.63, 3.8) is 0 Å². The molecule has 2 aliphatic heterocycles. The van der Waals surface area contributed by atoms with Crippen LogP contribution in [0.5, 0.6) is 17.2 Å². The van der Waals surface area contributed by atoms with Gasteiger partial charge in [-0.05, 0) is 13.0 Å². The molecule has 0 saturated carbocycles. The first-order valence-corrected chi connectivity index (χ1v) is 14.3. The Kier molecular flexibility index (Phi) is 7.96. The van der Waals surface area contributed by atoms with Crippen LogP contribution in [-0.2, 0) is 25.4 Å². The van der Waals surface area contributed by atoms with Crippen molar-refractivity contribution in [3.8, 4) is 17.2 Å². The number of carbonyl (C=O) groups excluding carboxylic acids is 3. The van der Waals surface area contributed by atoms with Gasteiger partial charge in [0, 0.05) is 36.0 Å². The Balaban J connectivity index is 1.43. The highest BCUT2D eigenvalue weighted by Crippen LogP contribution is 2.52. The third-order valence-corrected chi connectivity index (χ3v) is 9.07. The second-order valence-corrected chi connectivity index (χ2v) is 11.7. The number of epoxide rings is 1. The predicted molar refractivity (Wildman–Crippen MR) is 147 cm³/mol. The monoisotopic (exact) mass is 631 g/mol. The van der Waals surface area contributed by atoms with Gasteiger partial charge in [0.2, 0.25) is 5.78 Å². The Morgan fingerprint density at radius 2 is 1.80 bits per heavy atom. The largest absolute Gasteiger partial charge is 0.507 e. The van der Waals surface area contributed by atoms with Gasteiger partial charge in [0.1, 0.15) is 35.6 Å². The highest BCUT2D eigenvalue weighted by atomic mass is 16.7. The normalized spacial score (nSPS) is 32.1. The summed E-state index contributed by atoms with van der Waals surface area (Å²) in [7, 11) is 1.30. The summed E-state index contributed by atoms with van der Waals surface area (Å²) in [5, 5.41) is 75.7. The van der Waals surface area contributed by atoms with Gasteiger partial charge in [0.15, 0.2) is 24.1 Å². The van der Waals surface area contributed by atoms with Gasteiger partial charge in [-0.2, -0.15) is 5.06 Å². The molecule has 7 N–H and O–H groups in total. The molecule has 2 saturated heterocycles. The molecule has 2 aliphatic carbocycles. The minimum atomic E-state index is -2.33. The molecular weight excluding hydrogens is 598 g/mol. The van der Waals surface area contributed by atoms with Gasteiger partial charge in [0.25, 0.3) is 0 Å². The van der Waals surface area contributed by atoms with Crippen LogP contribution >= 0.6 is 0 Å². The van der Waals surface area contributed by atoms with Crippen molar-refractivity contribution in [2.24, 2.45) is 0 Å². The topological polar surface area (TPSA) is 236 Å². The number of hydrogen-bond acceptors (Lipinski definition) is 15. The second kappa shape index (κ2) is 11.4. The van der Waals surface area contributed by atoms with Gasteiger partial charge in [0.05, 0.1) is 54.8 Å². The Hall–Kier alpha value is -3.51.